The molecule has 1 aliphatic rings. The summed E-state index contributed by atoms with van der Waals surface area (Å²) in [6.45, 7) is 6.76. The van der Waals surface area contributed by atoms with Crippen molar-refractivity contribution in [2.45, 2.75) is 38.4 Å². The Morgan fingerprint density at radius 3 is 2.31 bits per heavy atom. The first-order chi connectivity index (χ1) is 22.8. The number of aromatic nitrogens is 1. The highest BCUT2D eigenvalue weighted by Gasteiger charge is 2.32. The van der Waals surface area contributed by atoms with E-state index in [2.05, 4.69) is 10.3 Å². The fourth-order valence-corrected chi connectivity index (χ4v) is 7.21. The molecule has 3 aromatic carbocycles. The summed E-state index contributed by atoms with van der Waals surface area (Å²) >= 11 is 1.29. The first kappa shape index (κ1) is 34.8. The Hall–Kier alpha value is -4.53. The summed E-state index contributed by atoms with van der Waals surface area (Å²) in [6, 6.07) is 18.6. The van der Waals surface area contributed by atoms with Crippen LogP contribution in [0.25, 0.3) is 21.0 Å². The highest BCUT2D eigenvalue weighted by Crippen LogP contribution is 2.37. The van der Waals surface area contributed by atoms with E-state index in [0.29, 0.717) is 47.0 Å². The lowest BCUT2D eigenvalue weighted by Gasteiger charge is -2.38. The average molecular weight is 690 g/mol. The van der Waals surface area contributed by atoms with E-state index >= 15 is 0 Å². The number of ketones is 1. The minimum absolute atomic E-state index is 0.0558. The molecule has 250 valence electrons. The number of pyridine rings is 1. The molecule has 1 saturated heterocycles. The molecule has 1 aliphatic heterocycles. The summed E-state index contributed by atoms with van der Waals surface area (Å²) in [5.74, 6) is -0.0423. The number of thiophene rings is 1. The predicted molar refractivity (Wildman–Crippen MR) is 185 cm³/mol. The molecule has 0 bridgehead atoms. The van der Waals surface area contributed by atoms with Crippen LogP contribution in [0.5, 0.6) is 0 Å². The van der Waals surface area contributed by atoms with Crippen LogP contribution in [0.3, 0.4) is 0 Å². The number of nitrogens with zero attached hydrogens (tertiary/aromatic N) is 2. The van der Waals surface area contributed by atoms with E-state index in [0.717, 1.165) is 32.2 Å². The first-order valence-corrected chi connectivity index (χ1v) is 17.2. The molecule has 0 aliphatic carbocycles. The quantitative estimate of drug-likeness (QED) is 0.146. The lowest BCUT2D eigenvalue weighted by atomic mass is 10.0. The first-order valence-electron chi connectivity index (χ1n) is 14.9. The normalized spacial score (nSPS) is 13.2. The van der Waals surface area contributed by atoms with Crippen molar-refractivity contribution in [2.75, 3.05) is 32.6 Å². The van der Waals surface area contributed by atoms with E-state index in [1.165, 1.54) is 30.4 Å². The summed E-state index contributed by atoms with van der Waals surface area (Å²) < 4.78 is 40.9. The van der Waals surface area contributed by atoms with E-state index in [1.54, 1.807) is 61.6 Å². The number of methoxy groups -OCH3 is 2. The van der Waals surface area contributed by atoms with Gasteiger partial charge in [0.1, 0.15) is 5.82 Å². The van der Waals surface area contributed by atoms with Crippen LogP contribution in [0.4, 0.5) is 5.82 Å². The number of anilines is 1. The molecular weight excluding hydrogens is 655 g/mol. The van der Waals surface area contributed by atoms with Gasteiger partial charge in [0.05, 0.1) is 28.0 Å². The molecule has 0 spiro atoms. The van der Waals surface area contributed by atoms with Crippen LogP contribution in [-0.2, 0) is 26.2 Å². The second-order valence-corrected chi connectivity index (χ2v) is 13.8. The second kappa shape index (κ2) is 14.3. The Kier molecular flexibility index (Phi) is 10.4. The summed E-state index contributed by atoms with van der Waals surface area (Å²) in [4.78, 5) is 45.3. The Balaban J connectivity index is 0.000000349. The van der Waals surface area contributed by atoms with E-state index in [-0.39, 0.29) is 28.6 Å². The van der Waals surface area contributed by atoms with Crippen LogP contribution in [0.15, 0.2) is 71.6 Å². The van der Waals surface area contributed by atoms with Gasteiger partial charge in [0.2, 0.25) is 0 Å². The molecule has 0 saturated carbocycles. The molecular formula is C35H35N3O8S2. The topological polar surface area (TPSA) is 152 Å². The van der Waals surface area contributed by atoms with Crippen molar-refractivity contribution in [3.05, 3.63) is 99.4 Å². The maximum absolute atomic E-state index is 13.3. The lowest BCUT2D eigenvalue weighted by Crippen LogP contribution is -2.54. The number of hydrogen-bond acceptors (Lipinski definition) is 9. The third-order valence-corrected chi connectivity index (χ3v) is 10.2. The van der Waals surface area contributed by atoms with Gasteiger partial charge < -0.3 is 19.7 Å². The molecule has 0 atom stereocenters. The van der Waals surface area contributed by atoms with E-state index in [1.807, 2.05) is 26.0 Å². The molecule has 6 rings (SSSR count). The Bertz CT molecular complexity index is 2140. The van der Waals surface area contributed by atoms with Gasteiger partial charge in [-0.05, 0) is 74.4 Å². The minimum Gasteiger partial charge on any atom is -0.380 e. The molecule has 1 fully saturated rings. The van der Waals surface area contributed by atoms with Crippen molar-refractivity contribution < 1.29 is 36.8 Å². The predicted octanol–water partition coefficient (Wildman–Crippen LogP) is 6.07. The largest absolute Gasteiger partial charge is 0.380 e. The third kappa shape index (κ3) is 7.30. The standard InChI is InChI=1S/C28H27N3O5S.C7H8O3S/c1-15-24-17(14-35-3)8-9-19(16(2)32)26(24)37-25(15)27(33)30-23-11-10-20-21(6-5-7-22(20)29-23)28(34)31-12-18(13-31)36-4;1-6-2-4-7(5-3-6)11(8,9)10/h5-11,18H,12-14H2,1-4H3,(H,29,30,33);2-5H,1H3,(H,8,9,10). The number of aryl methyl sites for hydroxylation is 2. The number of carbonyl (C=O) groups excluding carboxylic acids is 3. The molecule has 3 heterocycles. The van der Waals surface area contributed by atoms with Gasteiger partial charge in [-0.3, -0.25) is 18.9 Å². The zero-order chi connectivity index (χ0) is 34.7. The van der Waals surface area contributed by atoms with E-state index in [9.17, 15) is 22.8 Å². The van der Waals surface area contributed by atoms with Crippen molar-refractivity contribution >= 4 is 65.9 Å². The molecule has 0 unspecified atom stereocenters. The highest BCUT2D eigenvalue weighted by molar-refractivity contribution is 7.85. The van der Waals surface area contributed by atoms with Gasteiger partial charge >= 0.3 is 0 Å². The van der Waals surface area contributed by atoms with Crippen LogP contribution < -0.4 is 5.32 Å². The number of fused-ring (bicyclic) bond motifs is 2. The summed E-state index contributed by atoms with van der Waals surface area (Å²) in [7, 11) is -0.760. The van der Waals surface area contributed by atoms with Crippen LogP contribution in [0.2, 0.25) is 0 Å². The smallest absolute Gasteiger partial charge is 0.294 e. The van der Waals surface area contributed by atoms with Gasteiger partial charge in [-0.25, -0.2) is 4.98 Å². The van der Waals surface area contributed by atoms with Gasteiger partial charge in [0.25, 0.3) is 21.9 Å². The number of nitrogens with one attached hydrogen (secondary N) is 1. The molecule has 2 N–H and O–H groups in total. The Morgan fingerprint density at radius 2 is 1.69 bits per heavy atom. The van der Waals surface area contributed by atoms with Crippen molar-refractivity contribution in [3.8, 4) is 0 Å². The number of carbonyl (C=O) groups is 3. The summed E-state index contributed by atoms with van der Waals surface area (Å²) in [6.07, 6.45) is 0.0772. The van der Waals surface area contributed by atoms with Gasteiger partial charge in [-0.2, -0.15) is 8.42 Å². The number of benzene rings is 3. The van der Waals surface area contributed by atoms with Crippen molar-refractivity contribution in [1.82, 2.24) is 9.88 Å². The molecule has 13 heteroatoms. The number of hydrogen-bond donors (Lipinski definition) is 2. The molecule has 11 nitrogen and oxygen atoms in total. The van der Waals surface area contributed by atoms with E-state index in [4.69, 9.17) is 14.0 Å². The van der Waals surface area contributed by atoms with Crippen LogP contribution >= 0.6 is 11.3 Å². The van der Waals surface area contributed by atoms with Crippen LogP contribution in [0, 0.1) is 13.8 Å². The van der Waals surface area contributed by atoms with Crippen molar-refractivity contribution in [1.29, 1.82) is 0 Å². The van der Waals surface area contributed by atoms with Crippen molar-refractivity contribution in [2.24, 2.45) is 0 Å². The molecule has 0 radical (unpaired) electrons. The fraction of sp³-hybridized carbons (Fsp3) is 0.257. The van der Waals surface area contributed by atoms with Crippen molar-refractivity contribution in [3.63, 3.8) is 0 Å². The summed E-state index contributed by atoms with van der Waals surface area (Å²) in [5.41, 5.74) is 4.45. The molecule has 2 amide bonds. The van der Waals surface area contributed by atoms with Crippen LogP contribution in [0.1, 0.15) is 54.0 Å². The minimum atomic E-state index is -4.02. The molecule has 48 heavy (non-hydrogen) atoms. The Morgan fingerprint density at radius 1 is 0.979 bits per heavy atom. The number of amides is 2. The number of likely N-dealkylation sites (tertiary alicyclic amines) is 1. The zero-order valence-electron chi connectivity index (χ0n) is 27.1. The lowest BCUT2D eigenvalue weighted by molar-refractivity contribution is -0.0191. The van der Waals surface area contributed by atoms with Gasteiger partial charge in [-0.1, -0.05) is 29.8 Å². The maximum Gasteiger partial charge on any atom is 0.294 e. The SMILES string of the molecule is COCc1ccc(C(C)=O)c2sc(C(=O)Nc3ccc4c(C(=O)N5CC(OC)C5)cccc4n3)c(C)c12.Cc1ccc(S(=O)(=O)O)cc1. The van der Waals surface area contributed by atoms with E-state index < -0.39 is 10.1 Å². The maximum atomic E-state index is 13.3. The third-order valence-electron chi connectivity index (χ3n) is 8.04. The highest BCUT2D eigenvalue weighted by atomic mass is 32.2. The number of ether oxygens (including phenoxy) is 2. The van der Waals surface area contributed by atoms with Gasteiger partial charge in [0.15, 0.2) is 5.78 Å². The number of Topliss-reactive ketones (excluding diaryl/α,β-unsaturated/α-hetero) is 1. The second-order valence-electron chi connectivity index (χ2n) is 11.4. The van der Waals surface area contributed by atoms with Gasteiger partial charge in [0, 0.05) is 53.9 Å². The monoisotopic (exact) mass is 689 g/mol. The average Bonchev–Trinajstić information content (AvgIpc) is 3.37. The number of rotatable bonds is 8. The van der Waals surface area contributed by atoms with Gasteiger partial charge in [-0.15, -0.1) is 11.3 Å². The zero-order valence-corrected chi connectivity index (χ0v) is 28.7. The fourth-order valence-electron chi connectivity index (χ4n) is 5.42. The summed E-state index contributed by atoms with van der Waals surface area (Å²) in [5, 5.41) is 4.49. The molecule has 2 aromatic heterocycles. The Labute approximate surface area is 282 Å². The molecule has 5 aromatic rings. The van der Waals surface area contributed by atoms with Crippen LogP contribution in [-0.4, -0.2) is 73.9 Å².